The van der Waals surface area contributed by atoms with Crippen LogP contribution in [0.3, 0.4) is 0 Å². The van der Waals surface area contributed by atoms with Crippen molar-refractivity contribution in [1.82, 2.24) is 0 Å². The number of carbonyl (C=O) groups is 1. The molecule has 0 N–H and O–H groups in total. The van der Waals surface area contributed by atoms with Gasteiger partial charge in [0.1, 0.15) is 6.29 Å². The van der Waals surface area contributed by atoms with Crippen LogP contribution < -0.4 is 0 Å². The van der Waals surface area contributed by atoms with Crippen molar-refractivity contribution < 1.29 is 4.79 Å². The Bertz CT molecular complexity index is 366. The molecule has 0 aromatic carbocycles. The Hall–Kier alpha value is -0.760. The SMILES string of the molecule is CC(C)(C)C1=CC(=CC=O)C=C(C(C)(C)C)S1. The maximum Gasteiger partial charge on any atom is 0.143 e. The number of rotatable bonds is 1. The number of thioether (sulfide) groups is 1. The van der Waals surface area contributed by atoms with Gasteiger partial charge in [0.15, 0.2) is 0 Å². The molecule has 1 aliphatic rings. The van der Waals surface area contributed by atoms with Gasteiger partial charge in [-0.05, 0) is 44.4 Å². The Morgan fingerprint density at radius 3 is 1.65 bits per heavy atom. The maximum atomic E-state index is 10.6. The molecule has 0 aromatic heterocycles. The Kier molecular flexibility index (Phi) is 4.08. The van der Waals surface area contributed by atoms with E-state index >= 15 is 0 Å². The quantitative estimate of drug-likeness (QED) is 0.495. The first-order valence-electron chi connectivity index (χ1n) is 5.92. The summed E-state index contributed by atoms with van der Waals surface area (Å²) in [5.74, 6) is 0. The van der Waals surface area contributed by atoms with Crippen molar-refractivity contribution in [2.45, 2.75) is 41.5 Å². The summed E-state index contributed by atoms with van der Waals surface area (Å²) in [7, 11) is 0. The monoisotopic (exact) mass is 250 g/mol. The Labute approximate surface area is 109 Å². The molecule has 0 fully saturated rings. The van der Waals surface area contributed by atoms with Crippen LogP contribution in [0, 0.1) is 10.8 Å². The number of carbonyl (C=O) groups excluding carboxylic acids is 1. The van der Waals surface area contributed by atoms with E-state index in [-0.39, 0.29) is 10.8 Å². The highest BCUT2D eigenvalue weighted by Crippen LogP contribution is 2.48. The van der Waals surface area contributed by atoms with Crippen LogP contribution in [0.4, 0.5) is 0 Å². The molecule has 0 radical (unpaired) electrons. The van der Waals surface area contributed by atoms with E-state index in [1.807, 2.05) is 11.8 Å². The second-order valence-electron chi connectivity index (χ2n) is 6.42. The van der Waals surface area contributed by atoms with Gasteiger partial charge in [0.25, 0.3) is 0 Å². The summed E-state index contributed by atoms with van der Waals surface area (Å²) in [6, 6.07) is 0. The van der Waals surface area contributed by atoms with E-state index in [1.165, 1.54) is 9.81 Å². The lowest BCUT2D eigenvalue weighted by Gasteiger charge is -2.31. The molecular formula is C15H22OS. The zero-order valence-electron chi connectivity index (χ0n) is 11.6. The highest BCUT2D eigenvalue weighted by atomic mass is 32.2. The molecule has 0 saturated carbocycles. The van der Waals surface area contributed by atoms with Crippen LogP contribution in [-0.4, -0.2) is 6.29 Å². The number of hydrogen-bond acceptors (Lipinski definition) is 2. The fraction of sp³-hybridized carbons (Fsp3) is 0.533. The van der Waals surface area contributed by atoms with Crippen molar-refractivity contribution in [3.05, 3.63) is 33.6 Å². The van der Waals surface area contributed by atoms with Gasteiger partial charge in [0.2, 0.25) is 0 Å². The third-order valence-electron chi connectivity index (χ3n) is 2.55. The highest BCUT2D eigenvalue weighted by Gasteiger charge is 2.27. The van der Waals surface area contributed by atoms with E-state index in [1.54, 1.807) is 6.08 Å². The molecule has 1 heterocycles. The second kappa shape index (κ2) is 4.85. The van der Waals surface area contributed by atoms with Crippen LogP contribution in [0.15, 0.2) is 33.6 Å². The minimum Gasteiger partial charge on any atom is -0.299 e. The standard InChI is InChI=1S/C15H22OS/c1-14(2,3)12-9-11(7-8-16)10-13(17-12)15(4,5)6/h7-10H,1-6H3. The first-order valence-corrected chi connectivity index (χ1v) is 6.74. The highest BCUT2D eigenvalue weighted by molar-refractivity contribution is 8.06. The van der Waals surface area contributed by atoms with E-state index in [9.17, 15) is 4.79 Å². The molecule has 0 spiro atoms. The van der Waals surface area contributed by atoms with Gasteiger partial charge in [-0.2, -0.15) is 0 Å². The van der Waals surface area contributed by atoms with Crippen LogP contribution in [0.2, 0.25) is 0 Å². The van der Waals surface area contributed by atoms with Crippen molar-refractivity contribution in [3.63, 3.8) is 0 Å². The lowest BCUT2D eigenvalue weighted by atomic mass is 9.91. The average molecular weight is 250 g/mol. The predicted octanol–water partition coefficient (Wildman–Crippen LogP) is 4.72. The van der Waals surface area contributed by atoms with Crippen molar-refractivity contribution >= 4 is 18.0 Å². The molecule has 17 heavy (non-hydrogen) atoms. The molecule has 0 amide bonds. The Balaban J connectivity index is 3.17. The third-order valence-corrected chi connectivity index (χ3v) is 4.45. The Morgan fingerprint density at radius 1 is 0.941 bits per heavy atom. The Morgan fingerprint density at radius 2 is 1.35 bits per heavy atom. The van der Waals surface area contributed by atoms with E-state index in [0.717, 1.165) is 11.9 Å². The number of allylic oxidation sites excluding steroid dienone is 6. The maximum absolute atomic E-state index is 10.6. The van der Waals surface area contributed by atoms with Crippen molar-refractivity contribution in [1.29, 1.82) is 0 Å². The van der Waals surface area contributed by atoms with Crippen molar-refractivity contribution in [2.75, 3.05) is 0 Å². The molecule has 94 valence electrons. The number of aldehydes is 1. The summed E-state index contributed by atoms with van der Waals surface area (Å²) in [5, 5.41) is 0. The smallest absolute Gasteiger partial charge is 0.143 e. The summed E-state index contributed by atoms with van der Waals surface area (Å²) in [5.41, 5.74) is 1.25. The molecule has 0 aliphatic carbocycles. The average Bonchev–Trinajstić information content (AvgIpc) is 2.15. The number of hydrogen-bond donors (Lipinski definition) is 0. The van der Waals surface area contributed by atoms with Gasteiger partial charge in [-0.15, -0.1) is 0 Å². The molecule has 1 nitrogen and oxygen atoms in total. The molecular weight excluding hydrogens is 228 g/mol. The van der Waals surface area contributed by atoms with Gasteiger partial charge in [-0.25, -0.2) is 0 Å². The topological polar surface area (TPSA) is 17.1 Å². The second-order valence-corrected chi connectivity index (χ2v) is 7.51. The van der Waals surface area contributed by atoms with Crippen LogP contribution in [0.25, 0.3) is 0 Å². The van der Waals surface area contributed by atoms with Gasteiger partial charge in [-0.3, -0.25) is 4.79 Å². The van der Waals surface area contributed by atoms with Crippen LogP contribution >= 0.6 is 11.8 Å². The molecule has 0 aromatic rings. The van der Waals surface area contributed by atoms with Gasteiger partial charge < -0.3 is 0 Å². The fourth-order valence-corrected chi connectivity index (χ4v) is 2.68. The molecule has 1 aliphatic heterocycles. The normalized spacial score (nSPS) is 17.4. The molecule has 2 heteroatoms. The van der Waals surface area contributed by atoms with E-state index in [2.05, 4.69) is 53.7 Å². The van der Waals surface area contributed by atoms with Crippen LogP contribution in [-0.2, 0) is 4.79 Å². The minimum absolute atomic E-state index is 0.122. The first kappa shape index (κ1) is 14.3. The first-order chi connectivity index (χ1) is 7.64. The van der Waals surface area contributed by atoms with E-state index in [4.69, 9.17) is 0 Å². The largest absolute Gasteiger partial charge is 0.299 e. The summed E-state index contributed by atoms with van der Waals surface area (Å²) in [6.07, 6.45) is 6.73. The molecule has 0 bridgehead atoms. The summed E-state index contributed by atoms with van der Waals surface area (Å²) >= 11 is 1.84. The zero-order chi connectivity index (χ0) is 13.3. The lowest BCUT2D eigenvalue weighted by Crippen LogP contribution is -2.14. The molecule has 0 saturated heterocycles. The predicted molar refractivity (Wildman–Crippen MR) is 76.8 cm³/mol. The van der Waals surface area contributed by atoms with Crippen LogP contribution in [0.5, 0.6) is 0 Å². The molecule has 0 atom stereocenters. The molecule has 1 rings (SSSR count). The van der Waals surface area contributed by atoms with Gasteiger partial charge in [-0.1, -0.05) is 53.3 Å². The fourth-order valence-electron chi connectivity index (χ4n) is 1.44. The van der Waals surface area contributed by atoms with Gasteiger partial charge in [0.05, 0.1) is 0 Å². The van der Waals surface area contributed by atoms with Crippen molar-refractivity contribution in [3.8, 4) is 0 Å². The van der Waals surface area contributed by atoms with Gasteiger partial charge in [0, 0.05) is 0 Å². The third kappa shape index (κ3) is 3.88. The zero-order valence-corrected chi connectivity index (χ0v) is 12.4. The summed E-state index contributed by atoms with van der Waals surface area (Å²) in [4.78, 5) is 13.3. The summed E-state index contributed by atoms with van der Waals surface area (Å²) in [6.45, 7) is 13.2. The summed E-state index contributed by atoms with van der Waals surface area (Å²) < 4.78 is 0. The van der Waals surface area contributed by atoms with Crippen molar-refractivity contribution in [2.24, 2.45) is 10.8 Å². The molecule has 0 unspecified atom stereocenters. The van der Waals surface area contributed by atoms with Crippen LogP contribution in [0.1, 0.15) is 41.5 Å². The minimum atomic E-state index is 0.122. The lowest BCUT2D eigenvalue weighted by molar-refractivity contribution is -0.104. The van der Waals surface area contributed by atoms with Gasteiger partial charge >= 0.3 is 0 Å². The van der Waals surface area contributed by atoms with E-state index in [0.29, 0.717) is 0 Å². The van der Waals surface area contributed by atoms with E-state index < -0.39 is 0 Å².